The molecule has 0 bridgehead atoms. The monoisotopic (exact) mass is 604 g/mol. The molecule has 0 aliphatic heterocycles. The molecule has 46 heavy (non-hydrogen) atoms. The molecule has 230 valence electrons. The number of pyridine rings is 1. The van der Waals surface area contributed by atoms with Gasteiger partial charge in [0.25, 0.3) is 0 Å². The van der Waals surface area contributed by atoms with E-state index in [4.69, 9.17) is 14.8 Å². The van der Waals surface area contributed by atoms with Gasteiger partial charge in [-0.05, 0) is 103 Å². The Morgan fingerprint density at radius 3 is 2.17 bits per heavy atom. The van der Waals surface area contributed by atoms with E-state index in [0.717, 1.165) is 39.6 Å². The maximum Gasteiger partial charge on any atom is 0.137 e. The Kier molecular flexibility index (Phi) is 7.48. The van der Waals surface area contributed by atoms with Crippen LogP contribution in [0, 0.1) is 20.8 Å². The average molecular weight is 605 g/mol. The van der Waals surface area contributed by atoms with Crippen molar-refractivity contribution in [2.45, 2.75) is 60.3 Å². The SMILES string of the molecule is Cc1cc(C)c(-c2cnn(-c3cc(Oc4ccc5c6ccccc6n(-c6cc(C(C)C)ccn6)c5c4)cc(C(C)C)c3)c2)c(C)c1. The summed E-state index contributed by atoms with van der Waals surface area (Å²) in [4.78, 5) is 4.81. The smallest absolute Gasteiger partial charge is 0.137 e. The Balaban J connectivity index is 1.30. The van der Waals surface area contributed by atoms with E-state index in [1.54, 1.807) is 0 Å². The van der Waals surface area contributed by atoms with E-state index in [-0.39, 0.29) is 0 Å². The molecule has 0 N–H and O–H groups in total. The van der Waals surface area contributed by atoms with E-state index >= 15 is 0 Å². The van der Waals surface area contributed by atoms with Crippen molar-refractivity contribution in [2.75, 3.05) is 0 Å². The molecule has 5 heteroatoms. The van der Waals surface area contributed by atoms with Crippen LogP contribution in [0.4, 0.5) is 0 Å². The van der Waals surface area contributed by atoms with Gasteiger partial charge in [0, 0.05) is 40.9 Å². The second-order valence-corrected chi connectivity index (χ2v) is 13.1. The lowest BCUT2D eigenvalue weighted by atomic mass is 9.96. The minimum absolute atomic E-state index is 0.322. The quantitative estimate of drug-likeness (QED) is 0.182. The van der Waals surface area contributed by atoms with Crippen LogP contribution in [0.25, 0.3) is 44.4 Å². The van der Waals surface area contributed by atoms with Crippen molar-refractivity contribution in [3.05, 3.63) is 131 Å². The summed E-state index contributed by atoms with van der Waals surface area (Å²) in [5.74, 6) is 3.20. The maximum absolute atomic E-state index is 6.66. The Labute approximate surface area is 271 Å². The van der Waals surface area contributed by atoms with Gasteiger partial charge < -0.3 is 4.74 Å². The van der Waals surface area contributed by atoms with Crippen molar-refractivity contribution in [2.24, 2.45) is 0 Å². The number of rotatable bonds is 7. The van der Waals surface area contributed by atoms with Gasteiger partial charge in [-0.25, -0.2) is 9.67 Å². The predicted octanol–water partition coefficient (Wildman–Crippen LogP) is 11.0. The van der Waals surface area contributed by atoms with Gasteiger partial charge in [-0.1, -0.05) is 63.6 Å². The highest BCUT2D eigenvalue weighted by Crippen LogP contribution is 2.37. The van der Waals surface area contributed by atoms with Crippen LogP contribution in [0.2, 0.25) is 0 Å². The molecule has 7 rings (SSSR count). The summed E-state index contributed by atoms with van der Waals surface area (Å²) in [6.07, 6.45) is 5.99. The van der Waals surface area contributed by atoms with Crippen LogP contribution in [0.3, 0.4) is 0 Å². The number of nitrogens with zero attached hydrogens (tertiary/aromatic N) is 4. The largest absolute Gasteiger partial charge is 0.457 e. The number of fused-ring (bicyclic) bond motifs is 3. The zero-order valence-corrected chi connectivity index (χ0v) is 27.7. The molecule has 0 radical (unpaired) electrons. The van der Waals surface area contributed by atoms with Crippen molar-refractivity contribution < 1.29 is 4.74 Å². The molecule has 0 saturated carbocycles. The van der Waals surface area contributed by atoms with Crippen LogP contribution in [0.1, 0.15) is 67.3 Å². The summed E-state index contributed by atoms with van der Waals surface area (Å²) < 4.78 is 10.9. The van der Waals surface area contributed by atoms with E-state index in [9.17, 15) is 0 Å². The van der Waals surface area contributed by atoms with Crippen molar-refractivity contribution in [3.63, 3.8) is 0 Å². The standard InChI is InChI=1S/C41H40N4O/c1-25(2)30-14-15-42-40(20-30)45-38-11-9-8-10-36(38)37-13-12-34(22-39(37)45)46-35-19-31(26(3)4)18-33(21-35)44-24-32(23-43-44)41-28(6)16-27(5)17-29(41)7/h8-26H,1-7H3. The average Bonchev–Trinajstić information content (AvgIpc) is 3.63. The minimum Gasteiger partial charge on any atom is -0.457 e. The van der Waals surface area contributed by atoms with Gasteiger partial charge in [0.05, 0.1) is 22.9 Å². The molecule has 0 fully saturated rings. The number of hydrogen-bond donors (Lipinski definition) is 0. The lowest BCUT2D eigenvalue weighted by Gasteiger charge is -2.14. The van der Waals surface area contributed by atoms with Gasteiger partial charge in [-0.15, -0.1) is 0 Å². The Hall–Kier alpha value is -5.16. The van der Waals surface area contributed by atoms with Gasteiger partial charge in [0.15, 0.2) is 0 Å². The predicted molar refractivity (Wildman–Crippen MR) is 190 cm³/mol. The van der Waals surface area contributed by atoms with Crippen LogP contribution >= 0.6 is 0 Å². The molecule has 4 aromatic carbocycles. The van der Waals surface area contributed by atoms with E-state index in [2.05, 4.69) is 144 Å². The van der Waals surface area contributed by atoms with Crippen molar-refractivity contribution in [1.29, 1.82) is 0 Å². The molecule has 7 aromatic rings. The zero-order chi connectivity index (χ0) is 32.1. The topological polar surface area (TPSA) is 44.9 Å². The van der Waals surface area contributed by atoms with Gasteiger partial charge in [0.2, 0.25) is 0 Å². The summed E-state index contributed by atoms with van der Waals surface area (Å²) in [5.41, 5.74) is 11.8. The zero-order valence-electron chi connectivity index (χ0n) is 27.7. The molecule has 0 aliphatic carbocycles. The summed E-state index contributed by atoms with van der Waals surface area (Å²) >= 11 is 0. The molecule has 5 nitrogen and oxygen atoms in total. The van der Waals surface area contributed by atoms with E-state index in [1.807, 2.05) is 17.1 Å². The van der Waals surface area contributed by atoms with E-state index < -0.39 is 0 Å². The number of hydrogen-bond acceptors (Lipinski definition) is 3. The first-order chi connectivity index (χ1) is 22.2. The van der Waals surface area contributed by atoms with Crippen LogP contribution < -0.4 is 4.74 Å². The number of benzene rings is 4. The van der Waals surface area contributed by atoms with Gasteiger partial charge >= 0.3 is 0 Å². The molecular weight excluding hydrogens is 564 g/mol. The van der Waals surface area contributed by atoms with E-state index in [1.165, 1.54) is 44.2 Å². The molecule has 3 heterocycles. The number of para-hydroxylation sites is 1. The molecule has 0 saturated heterocycles. The van der Waals surface area contributed by atoms with Gasteiger partial charge in [0.1, 0.15) is 17.3 Å². The van der Waals surface area contributed by atoms with Crippen molar-refractivity contribution in [3.8, 4) is 34.1 Å². The van der Waals surface area contributed by atoms with Crippen LogP contribution in [-0.4, -0.2) is 19.3 Å². The fraction of sp³-hybridized carbons (Fsp3) is 0.220. The van der Waals surface area contributed by atoms with Crippen molar-refractivity contribution in [1.82, 2.24) is 19.3 Å². The summed E-state index contributed by atoms with van der Waals surface area (Å²) in [6, 6.07) is 30.1. The highest BCUT2D eigenvalue weighted by molar-refractivity contribution is 6.09. The Morgan fingerprint density at radius 1 is 0.674 bits per heavy atom. The molecule has 0 amide bonds. The summed E-state index contributed by atoms with van der Waals surface area (Å²) in [7, 11) is 0. The van der Waals surface area contributed by atoms with Crippen LogP contribution in [0.5, 0.6) is 11.5 Å². The number of aromatic nitrogens is 4. The molecule has 0 unspecified atom stereocenters. The summed E-state index contributed by atoms with van der Waals surface area (Å²) in [6.45, 7) is 15.3. The first-order valence-corrected chi connectivity index (χ1v) is 16.1. The fourth-order valence-corrected chi connectivity index (χ4v) is 6.67. The van der Waals surface area contributed by atoms with Gasteiger partial charge in [-0.3, -0.25) is 4.57 Å². The minimum atomic E-state index is 0.322. The molecule has 3 aromatic heterocycles. The van der Waals surface area contributed by atoms with Crippen LogP contribution in [0.15, 0.2) is 104 Å². The third-order valence-electron chi connectivity index (χ3n) is 8.94. The normalized spacial score (nSPS) is 11.8. The number of aryl methyl sites for hydroxylation is 3. The lowest BCUT2D eigenvalue weighted by molar-refractivity contribution is 0.481. The number of ether oxygens (including phenoxy) is 1. The Bertz CT molecular complexity index is 2210. The first kappa shape index (κ1) is 29.5. The third kappa shape index (κ3) is 5.36. The van der Waals surface area contributed by atoms with Crippen molar-refractivity contribution >= 4 is 21.8 Å². The van der Waals surface area contributed by atoms with Gasteiger partial charge in [-0.2, -0.15) is 5.10 Å². The summed E-state index contributed by atoms with van der Waals surface area (Å²) in [5, 5.41) is 7.16. The Morgan fingerprint density at radius 2 is 1.41 bits per heavy atom. The second kappa shape index (κ2) is 11.6. The molecule has 0 atom stereocenters. The maximum atomic E-state index is 6.66. The fourth-order valence-electron chi connectivity index (χ4n) is 6.67. The third-order valence-corrected chi connectivity index (χ3v) is 8.94. The lowest BCUT2D eigenvalue weighted by Crippen LogP contribution is -2.00. The van der Waals surface area contributed by atoms with E-state index in [0.29, 0.717) is 11.8 Å². The highest BCUT2D eigenvalue weighted by Gasteiger charge is 2.16. The highest BCUT2D eigenvalue weighted by atomic mass is 16.5. The van der Waals surface area contributed by atoms with Crippen LogP contribution in [-0.2, 0) is 0 Å². The molecule has 0 aliphatic rings. The first-order valence-electron chi connectivity index (χ1n) is 16.1. The molecule has 0 spiro atoms. The second-order valence-electron chi connectivity index (χ2n) is 13.1. The molecular formula is C41H40N4O.